The maximum absolute atomic E-state index is 13.2. The molecule has 1 amide bonds. The number of rotatable bonds is 3. The van der Waals surface area contributed by atoms with Crippen molar-refractivity contribution in [3.63, 3.8) is 0 Å². The molecule has 112 valence electrons. The van der Waals surface area contributed by atoms with Crippen molar-refractivity contribution in [2.24, 2.45) is 5.73 Å². The molecule has 2 N–H and O–H groups in total. The van der Waals surface area contributed by atoms with Crippen molar-refractivity contribution in [3.8, 4) is 11.3 Å². The number of carbonyl (C=O) groups excluding carboxylic acids is 1. The molecule has 0 bridgehead atoms. The summed E-state index contributed by atoms with van der Waals surface area (Å²) < 4.78 is 41.2. The Morgan fingerprint density at radius 1 is 1.29 bits per heavy atom. The monoisotopic (exact) mass is 297 g/mol. The number of primary amides is 1. The van der Waals surface area contributed by atoms with Crippen LogP contribution in [0.1, 0.15) is 35.8 Å². The minimum atomic E-state index is -4.59. The zero-order valence-electron chi connectivity index (χ0n) is 11.5. The van der Waals surface area contributed by atoms with Gasteiger partial charge in [-0.1, -0.05) is 6.07 Å². The zero-order valence-corrected chi connectivity index (χ0v) is 11.5. The van der Waals surface area contributed by atoms with Gasteiger partial charge in [0.15, 0.2) is 0 Å². The minimum Gasteiger partial charge on any atom is -0.366 e. The molecule has 0 saturated carbocycles. The van der Waals surface area contributed by atoms with Crippen molar-refractivity contribution < 1.29 is 18.0 Å². The summed E-state index contributed by atoms with van der Waals surface area (Å²) in [6, 6.07) is 4.72. The minimum absolute atomic E-state index is 0.0290. The van der Waals surface area contributed by atoms with E-state index < -0.39 is 17.6 Å². The van der Waals surface area contributed by atoms with Crippen molar-refractivity contribution in [3.05, 3.63) is 41.6 Å². The number of hydrogen-bond acceptors (Lipinski definition) is 2. The average molecular weight is 297 g/mol. The van der Waals surface area contributed by atoms with Crippen LogP contribution in [-0.2, 0) is 6.18 Å². The molecule has 4 nitrogen and oxygen atoms in total. The molecule has 0 atom stereocenters. The number of nitrogens with two attached hydrogens (primary N) is 1. The van der Waals surface area contributed by atoms with Crippen LogP contribution < -0.4 is 5.73 Å². The SMILES string of the molecule is CC(C)n1nccc1-c1ccc(C(N)=O)cc1C(F)(F)F. The van der Waals surface area contributed by atoms with Gasteiger partial charge in [0.05, 0.1) is 11.3 Å². The predicted molar refractivity (Wildman–Crippen MR) is 71.6 cm³/mol. The first kappa shape index (κ1) is 15.1. The molecule has 1 heterocycles. The average Bonchev–Trinajstić information content (AvgIpc) is 2.86. The predicted octanol–water partition coefficient (Wildman–Crippen LogP) is 3.25. The number of nitrogens with zero attached hydrogens (tertiary/aromatic N) is 2. The van der Waals surface area contributed by atoms with Gasteiger partial charge in [-0.05, 0) is 32.0 Å². The fourth-order valence-electron chi connectivity index (χ4n) is 2.09. The highest BCUT2D eigenvalue weighted by atomic mass is 19.4. The van der Waals surface area contributed by atoms with Gasteiger partial charge in [-0.2, -0.15) is 18.3 Å². The van der Waals surface area contributed by atoms with Crippen LogP contribution in [0.15, 0.2) is 30.5 Å². The molecular formula is C14H14F3N3O. The molecule has 0 aliphatic carbocycles. The number of alkyl halides is 3. The molecule has 0 aliphatic rings. The second-order valence-electron chi connectivity index (χ2n) is 4.88. The molecular weight excluding hydrogens is 283 g/mol. The van der Waals surface area contributed by atoms with Crippen molar-refractivity contribution >= 4 is 5.91 Å². The van der Waals surface area contributed by atoms with Gasteiger partial charge in [-0.15, -0.1) is 0 Å². The molecule has 0 spiro atoms. The number of benzene rings is 1. The summed E-state index contributed by atoms with van der Waals surface area (Å²) in [7, 11) is 0. The number of aromatic nitrogens is 2. The third-order valence-electron chi connectivity index (χ3n) is 3.04. The first-order valence-corrected chi connectivity index (χ1v) is 6.26. The first-order chi connectivity index (χ1) is 9.71. The third kappa shape index (κ3) is 2.91. The Bertz CT molecular complexity index is 674. The Morgan fingerprint density at radius 2 is 1.95 bits per heavy atom. The molecule has 2 aromatic rings. The van der Waals surface area contributed by atoms with Crippen LogP contribution >= 0.6 is 0 Å². The lowest BCUT2D eigenvalue weighted by atomic mass is 10.00. The van der Waals surface area contributed by atoms with E-state index in [1.807, 2.05) is 13.8 Å². The van der Waals surface area contributed by atoms with Crippen LogP contribution in [0.2, 0.25) is 0 Å². The lowest BCUT2D eigenvalue weighted by molar-refractivity contribution is -0.137. The van der Waals surface area contributed by atoms with Crippen LogP contribution in [-0.4, -0.2) is 15.7 Å². The molecule has 0 radical (unpaired) electrons. The third-order valence-corrected chi connectivity index (χ3v) is 3.04. The van der Waals surface area contributed by atoms with Gasteiger partial charge < -0.3 is 5.73 Å². The summed E-state index contributed by atoms with van der Waals surface area (Å²) >= 11 is 0. The zero-order chi connectivity index (χ0) is 15.8. The van der Waals surface area contributed by atoms with E-state index in [-0.39, 0.29) is 17.2 Å². The summed E-state index contributed by atoms with van der Waals surface area (Å²) in [6.07, 6.45) is -3.15. The van der Waals surface area contributed by atoms with Gasteiger partial charge in [0, 0.05) is 23.4 Å². The van der Waals surface area contributed by atoms with Gasteiger partial charge in [0.25, 0.3) is 0 Å². The number of amides is 1. The van der Waals surface area contributed by atoms with Gasteiger partial charge in [0.2, 0.25) is 5.91 Å². The van der Waals surface area contributed by atoms with E-state index in [4.69, 9.17) is 5.73 Å². The molecule has 21 heavy (non-hydrogen) atoms. The van der Waals surface area contributed by atoms with Crippen molar-refractivity contribution in [1.82, 2.24) is 9.78 Å². The second-order valence-corrected chi connectivity index (χ2v) is 4.88. The molecule has 0 saturated heterocycles. The van der Waals surface area contributed by atoms with Gasteiger partial charge in [0.1, 0.15) is 0 Å². The summed E-state index contributed by atoms with van der Waals surface area (Å²) in [5.41, 5.74) is 4.28. The normalized spacial score (nSPS) is 11.9. The second kappa shape index (κ2) is 5.23. The lowest BCUT2D eigenvalue weighted by Crippen LogP contribution is -2.15. The highest BCUT2D eigenvalue weighted by Crippen LogP contribution is 2.38. The van der Waals surface area contributed by atoms with Crippen LogP contribution in [0, 0.1) is 0 Å². The fourth-order valence-corrected chi connectivity index (χ4v) is 2.09. The highest BCUT2D eigenvalue weighted by Gasteiger charge is 2.35. The van der Waals surface area contributed by atoms with E-state index in [9.17, 15) is 18.0 Å². The van der Waals surface area contributed by atoms with Crippen LogP contribution in [0.5, 0.6) is 0 Å². The Balaban J connectivity index is 2.68. The quantitative estimate of drug-likeness (QED) is 0.945. The molecule has 1 aromatic carbocycles. The van der Waals surface area contributed by atoms with Gasteiger partial charge in [-0.3, -0.25) is 9.48 Å². The maximum atomic E-state index is 13.2. The molecule has 0 aliphatic heterocycles. The van der Waals surface area contributed by atoms with E-state index in [0.29, 0.717) is 5.69 Å². The Hall–Kier alpha value is -2.31. The number of halogens is 3. The van der Waals surface area contributed by atoms with Crippen molar-refractivity contribution in [1.29, 1.82) is 0 Å². The first-order valence-electron chi connectivity index (χ1n) is 6.26. The summed E-state index contributed by atoms with van der Waals surface area (Å²) in [5, 5.41) is 4.03. The summed E-state index contributed by atoms with van der Waals surface area (Å²) in [4.78, 5) is 11.1. The maximum Gasteiger partial charge on any atom is 0.417 e. The summed E-state index contributed by atoms with van der Waals surface area (Å²) in [6.45, 7) is 3.64. The van der Waals surface area contributed by atoms with Gasteiger partial charge in [-0.25, -0.2) is 0 Å². The topological polar surface area (TPSA) is 60.9 Å². The van der Waals surface area contributed by atoms with Crippen molar-refractivity contribution in [2.45, 2.75) is 26.1 Å². The largest absolute Gasteiger partial charge is 0.417 e. The smallest absolute Gasteiger partial charge is 0.366 e. The van der Waals surface area contributed by atoms with Crippen LogP contribution in [0.3, 0.4) is 0 Å². The molecule has 7 heteroatoms. The molecule has 2 rings (SSSR count). The van der Waals surface area contributed by atoms with E-state index in [1.165, 1.54) is 29.1 Å². The van der Waals surface area contributed by atoms with Gasteiger partial charge >= 0.3 is 6.18 Å². The van der Waals surface area contributed by atoms with Crippen molar-refractivity contribution in [2.75, 3.05) is 0 Å². The molecule has 1 aromatic heterocycles. The van der Waals surface area contributed by atoms with Crippen LogP contribution in [0.4, 0.5) is 13.2 Å². The lowest BCUT2D eigenvalue weighted by Gasteiger charge is -2.16. The van der Waals surface area contributed by atoms with E-state index in [2.05, 4.69) is 5.10 Å². The fraction of sp³-hybridized carbons (Fsp3) is 0.286. The van der Waals surface area contributed by atoms with Crippen LogP contribution in [0.25, 0.3) is 11.3 Å². The van der Waals surface area contributed by atoms with E-state index in [0.717, 1.165) is 6.07 Å². The molecule has 0 fully saturated rings. The number of carbonyl (C=O) groups is 1. The standard InChI is InChI=1S/C14H14F3N3O/c1-8(2)20-12(5-6-19-20)10-4-3-9(13(18)21)7-11(10)14(15,16)17/h3-8H,1-2H3,(H2,18,21). The molecule has 0 unspecified atom stereocenters. The summed E-state index contributed by atoms with van der Waals surface area (Å²) in [5.74, 6) is -0.899. The van der Waals surface area contributed by atoms with E-state index in [1.54, 1.807) is 0 Å². The van der Waals surface area contributed by atoms with E-state index >= 15 is 0 Å². The Morgan fingerprint density at radius 3 is 2.48 bits per heavy atom. The Labute approximate surface area is 119 Å². The highest BCUT2D eigenvalue weighted by molar-refractivity contribution is 5.93. The number of hydrogen-bond donors (Lipinski definition) is 1. The Kier molecular flexibility index (Phi) is 3.76.